The zero-order chi connectivity index (χ0) is 29.1. The number of benzene rings is 2. The highest BCUT2D eigenvalue weighted by atomic mass is 32.2. The average Bonchev–Trinajstić information content (AvgIpc) is 3.56. The number of aliphatic carboxylic acids is 1. The molecule has 3 aromatic rings. The molecule has 0 bridgehead atoms. The van der Waals surface area contributed by atoms with Crippen LogP contribution in [0.15, 0.2) is 46.8 Å². The van der Waals surface area contributed by atoms with Gasteiger partial charge in [0.2, 0.25) is 17.7 Å². The second-order valence-corrected chi connectivity index (χ2v) is 11.1. The fourth-order valence-electron chi connectivity index (χ4n) is 3.58. The number of carbonyl (C=O) groups is 5. The van der Waals surface area contributed by atoms with Crippen molar-refractivity contribution in [3.05, 3.63) is 48.0 Å². The lowest BCUT2D eigenvalue weighted by Crippen LogP contribution is -2.24. The molecule has 0 aliphatic carbocycles. The normalized spacial score (nSPS) is 14.1. The van der Waals surface area contributed by atoms with Crippen molar-refractivity contribution in [2.24, 2.45) is 5.92 Å². The number of nitrogens with zero attached hydrogens (tertiary/aromatic N) is 1. The SMILES string of the molecule is CCCCC(=O)O.CNC(=O)c1ccc(NC(=O)CSc2nc3ccc(NC(=O)C4CNC(=O)C4)cc3s2)cc1. The molecule has 13 heteroatoms. The van der Waals surface area contributed by atoms with Gasteiger partial charge >= 0.3 is 5.97 Å². The van der Waals surface area contributed by atoms with E-state index in [-0.39, 0.29) is 41.7 Å². The molecule has 40 heavy (non-hydrogen) atoms. The van der Waals surface area contributed by atoms with Crippen LogP contribution in [0.4, 0.5) is 11.4 Å². The maximum absolute atomic E-state index is 12.3. The van der Waals surface area contributed by atoms with Gasteiger partial charge in [-0.25, -0.2) is 4.98 Å². The highest BCUT2D eigenvalue weighted by molar-refractivity contribution is 8.01. The summed E-state index contributed by atoms with van der Waals surface area (Å²) in [6.07, 6.45) is 2.29. The molecule has 0 radical (unpaired) electrons. The number of thiazole rings is 1. The number of unbranched alkanes of at least 4 members (excludes halogenated alkanes) is 1. The number of fused-ring (bicyclic) bond motifs is 1. The van der Waals surface area contributed by atoms with Crippen molar-refractivity contribution in [1.29, 1.82) is 0 Å². The van der Waals surface area contributed by atoms with E-state index in [9.17, 15) is 24.0 Å². The predicted molar refractivity (Wildman–Crippen MR) is 156 cm³/mol. The summed E-state index contributed by atoms with van der Waals surface area (Å²) in [6, 6.07) is 12.1. The molecule has 1 unspecified atom stereocenters. The molecular formula is C27H31N5O6S2. The molecule has 4 rings (SSSR count). The van der Waals surface area contributed by atoms with Crippen LogP contribution in [-0.4, -0.2) is 59.0 Å². The first-order chi connectivity index (χ1) is 19.2. The lowest BCUT2D eigenvalue weighted by molar-refractivity contribution is -0.137. The first-order valence-electron chi connectivity index (χ1n) is 12.6. The van der Waals surface area contributed by atoms with Gasteiger partial charge in [0.25, 0.3) is 5.91 Å². The Labute approximate surface area is 239 Å². The van der Waals surface area contributed by atoms with Crippen molar-refractivity contribution in [3.63, 3.8) is 0 Å². The highest BCUT2D eigenvalue weighted by Crippen LogP contribution is 2.31. The van der Waals surface area contributed by atoms with E-state index in [1.165, 1.54) is 23.1 Å². The van der Waals surface area contributed by atoms with Gasteiger partial charge in [-0.1, -0.05) is 25.1 Å². The number of hydrogen-bond acceptors (Lipinski definition) is 8. The molecule has 2 heterocycles. The fourth-order valence-corrected chi connectivity index (χ4v) is 5.49. The van der Waals surface area contributed by atoms with Gasteiger partial charge in [0, 0.05) is 43.4 Å². The Hall–Kier alpha value is -3.97. The van der Waals surface area contributed by atoms with Crippen molar-refractivity contribution >= 4 is 74.3 Å². The minimum absolute atomic E-state index is 0.111. The van der Waals surface area contributed by atoms with Crippen molar-refractivity contribution in [1.82, 2.24) is 15.6 Å². The number of carboxylic acids is 1. The monoisotopic (exact) mass is 585 g/mol. The maximum atomic E-state index is 12.3. The van der Waals surface area contributed by atoms with Crippen molar-refractivity contribution in [2.45, 2.75) is 36.9 Å². The summed E-state index contributed by atoms with van der Waals surface area (Å²) >= 11 is 2.76. The van der Waals surface area contributed by atoms with E-state index in [0.29, 0.717) is 29.9 Å². The number of hydrogen-bond donors (Lipinski definition) is 5. The average molecular weight is 586 g/mol. The molecule has 4 amide bonds. The Morgan fingerprint density at radius 1 is 1.10 bits per heavy atom. The van der Waals surface area contributed by atoms with E-state index in [1.807, 2.05) is 19.1 Å². The van der Waals surface area contributed by atoms with Gasteiger partial charge < -0.3 is 26.4 Å². The summed E-state index contributed by atoms with van der Waals surface area (Å²) in [4.78, 5) is 61.8. The number of carboxylic acid groups (broad SMARTS) is 1. The summed E-state index contributed by atoms with van der Waals surface area (Å²) in [5, 5.41) is 18.9. The highest BCUT2D eigenvalue weighted by Gasteiger charge is 2.28. The predicted octanol–water partition coefficient (Wildman–Crippen LogP) is 3.72. The van der Waals surface area contributed by atoms with Crippen LogP contribution in [0.25, 0.3) is 10.2 Å². The van der Waals surface area contributed by atoms with Crippen LogP contribution in [0, 0.1) is 5.92 Å². The Bertz CT molecular complexity index is 1380. The summed E-state index contributed by atoms with van der Waals surface area (Å²) in [6.45, 7) is 2.33. The Morgan fingerprint density at radius 3 is 2.42 bits per heavy atom. The summed E-state index contributed by atoms with van der Waals surface area (Å²) < 4.78 is 1.63. The van der Waals surface area contributed by atoms with E-state index in [0.717, 1.165) is 27.4 Å². The molecule has 212 valence electrons. The summed E-state index contributed by atoms with van der Waals surface area (Å²) in [5.74, 6) is -1.54. The van der Waals surface area contributed by atoms with Gasteiger partial charge in [-0.05, 0) is 48.9 Å². The second kappa shape index (κ2) is 15.0. The Morgan fingerprint density at radius 2 is 1.82 bits per heavy atom. The molecule has 1 saturated heterocycles. The molecule has 0 spiro atoms. The van der Waals surface area contributed by atoms with Crippen LogP contribution in [0.2, 0.25) is 0 Å². The van der Waals surface area contributed by atoms with Crippen LogP contribution in [0.1, 0.15) is 43.0 Å². The smallest absolute Gasteiger partial charge is 0.303 e. The van der Waals surface area contributed by atoms with Gasteiger partial charge in [0.15, 0.2) is 4.34 Å². The van der Waals surface area contributed by atoms with Gasteiger partial charge in [-0.2, -0.15) is 0 Å². The number of rotatable bonds is 10. The van der Waals surface area contributed by atoms with E-state index in [1.54, 1.807) is 37.4 Å². The quantitative estimate of drug-likeness (QED) is 0.225. The molecule has 1 atom stereocenters. The van der Waals surface area contributed by atoms with Crippen LogP contribution in [-0.2, 0) is 19.2 Å². The van der Waals surface area contributed by atoms with Crippen molar-refractivity contribution in [2.75, 3.05) is 30.0 Å². The first kappa shape index (κ1) is 30.6. The molecule has 11 nitrogen and oxygen atoms in total. The summed E-state index contributed by atoms with van der Waals surface area (Å²) in [5.41, 5.74) is 2.55. The lowest BCUT2D eigenvalue weighted by Gasteiger charge is -2.08. The molecule has 0 saturated carbocycles. The van der Waals surface area contributed by atoms with Gasteiger partial charge in [-0.15, -0.1) is 11.3 Å². The second-order valence-electron chi connectivity index (χ2n) is 8.85. The Balaban J connectivity index is 0.000000559. The number of amides is 4. The first-order valence-corrected chi connectivity index (χ1v) is 14.4. The van der Waals surface area contributed by atoms with Gasteiger partial charge in [0.1, 0.15) is 0 Å². The van der Waals surface area contributed by atoms with E-state index in [4.69, 9.17) is 5.11 Å². The molecule has 1 aliphatic rings. The van der Waals surface area contributed by atoms with Crippen LogP contribution < -0.4 is 21.3 Å². The number of anilines is 2. The number of carbonyl (C=O) groups excluding carboxylic acids is 4. The third-order valence-electron chi connectivity index (χ3n) is 5.71. The number of aromatic nitrogens is 1. The van der Waals surface area contributed by atoms with Crippen molar-refractivity contribution in [3.8, 4) is 0 Å². The van der Waals surface area contributed by atoms with E-state index < -0.39 is 5.97 Å². The Kier molecular flexibility index (Phi) is 11.5. The van der Waals surface area contributed by atoms with Gasteiger partial charge in [0.05, 0.1) is 21.9 Å². The lowest BCUT2D eigenvalue weighted by atomic mass is 10.1. The fraction of sp³-hybridized carbons (Fsp3) is 0.333. The van der Waals surface area contributed by atoms with Crippen LogP contribution in [0.3, 0.4) is 0 Å². The third-order valence-corrected chi connectivity index (χ3v) is 7.87. The minimum Gasteiger partial charge on any atom is -0.481 e. The third kappa shape index (κ3) is 9.35. The molecule has 1 aromatic heterocycles. The minimum atomic E-state index is -0.693. The number of nitrogens with one attached hydrogen (secondary N) is 4. The van der Waals surface area contributed by atoms with Crippen LogP contribution in [0.5, 0.6) is 0 Å². The van der Waals surface area contributed by atoms with E-state index in [2.05, 4.69) is 26.3 Å². The number of thioether (sulfide) groups is 1. The van der Waals surface area contributed by atoms with Crippen LogP contribution >= 0.6 is 23.1 Å². The summed E-state index contributed by atoms with van der Waals surface area (Å²) in [7, 11) is 1.56. The van der Waals surface area contributed by atoms with E-state index >= 15 is 0 Å². The topological polar surface area (TPSA) is 167 Å². The molecule has 2 aromatic carbocycles. The largest absolute Gasteiger partial charge is 0.481 e. The molecule has 5 N–H and O–H groups in total. The standard InChI is InChI=1S/C22H21N5O4S2.C5H10O2/c1-23-20(30)12-2-4-14(5-3-12)25-19(29)11-32-22-27-16-7-6-15(9-17(16)33-22)26-21(31)13-8-18(28)24-10-13;1-2-3-4-5(6)7/h2-7,9,13H,8,10-11H2,1H3,(H,23,30)(H,24,28)(H,25,29)(H,26,31);2-4H2,1H3,(H,6,7). The molecule has 1 fully saturated rings. The zero-order valence-electron chi connectivity index (χ0n) is 22.1. The molecule has 1 aliphatic heterocycles. The maximum Gasteiger partial charge on any atom is 0.303 e. The zero-order valence-corrected chi connectivity index (χ0v) is 23.7. The van der Waals surface area contributed by atoms with Gasteiger partial charge in [-0.3, -0.25) is 24.0 Å². The van der Waals surface area contributed by atoms with Crippen molar-refractivity contribution < 1.29 is 29.1 Å². The molecular weight excluding hydrogens is 554 g/mol.